The lowest BCUT2D eigenvalue weighted by Gasteiger charge is -2.04. The molecule has 0 unspecified atom stereocenters. The number of nitrogens with one attached hydrogen (secondary N) is 1. The van der Waals surface area contributed by atoms with Crippen LogP contribution in [0.25, 0.3) is 5.57 Å². The van der Waals surface area contributed by atoms with E-state index in [1.165, 1.54) is 6.08 Å². The van der Waals surface area contributed by atoms with Crippen LogP contribution in [-0.4, -0.2) is 16.0 Å². The van der Waals surface area contributed by atoms with Crippen LogP contribution in [0.5, 0.6) is 0 Å². The molecule has 1 amide bonds. The highest BCUT2D eigenvalue weighted by molar-refractivity contribution is 6.32. The second-order valence-electron chi connectivity index (χ2n) is 5.35. The van der Waals surface area contributed by atoms with Crippen LogP contribution in [0.15, 0.2) is 34.9 Å². The maximum absolute atomic E-state index is 11.9. The molecule has 2 aromatic rings. The van der Waals surface area contributed by atoms with Crippen molar-refractivity contribution in [3.63, 3.8) is 0 Å². The Bertz CT molecular complexity index is 720. The number of aromatic nitrogens is 2. The first kappa shape index (κ1) is 14.8. The number of allylic oxidation sites excluding steroid dienone is 1. The smallest absolute Gasteiger partial charge is 0.246 e. The molecule has 1 aliphatic carbocycles. The molecule has 1 heterocycles. The van der Waals surface area contributed by atoms with Gasteiger partial charge in [0.25, 0.3) is 0 Å². The van der Waals surface area contributed by atoms with Crippen molar-refractivity contribution in [2.24, 2.45) is 0 Å². The summed E-state index contributed by atoms with van der Waals surface area (Å²) >= 11 is 6.11. The minimum absolute atomic E-state index is 0.219. The third-order valence-electron chi connectivity index (χ3n) is 3.49. The maximum atomic E-state index is 11.9. The first-order chi connectivity index (χ1) is 10.6. The lowest BCUT2D eigenvalue weighted by Crippen LogP contribution is -2.20. The van der Waals surface area contributed by atoms with Gasteiger partial charge in [0, 0.05) is 17.0 Å². The highest BCUT2D eigenvalue weighted by Crippen LogP contribution is 2.38. The van der Waals surface area contributed by atoms with Crippen LogP contribution in [0.4, 0.5) is 0 Å². The average Bonchev–Trinajstić information content (AvgIpc) is 3.24. The number of carbonyl (C=O) groups excluding carboxylic acids is 1. The van der Waals surface area contributed by atoms with Gasteiger partial charge >= 0.3 is 0 Å². The Morgan fingerprint density at radius 3 is 2.95 bits per heavy atom. The summed E-state index contributed by atoms with van der Waals surface area (Å²) in [5.74, 6) is 1.39. The van der Waals surface area contributed by atoms with E-state index in [-0.39, 0.29) is 12.5 Å². The molecule has 0 radical (unpaired) electrons. The van der Waals surface area contributed by atoms with Crippen LogP contribution in [0.2, 0.25) is 5.02 Å². The number of rotatable bonds is 5. The average molecular weight is 318 g/mol. The van der Waals surface area contributed by atoms with E-state index in [1.807, 2.05) is 25.1 Å². The number of amides is 1. The Labute approximate surface area is 133 Å². The maximum Gasteiger partial charge on any atom is 0.246 e. The van der Waals surface area contributed by atoms with Crippen molar-refractivity contribution in [1.29, 1.82) is 0 Å². The van der Waals surface area contributed by atoms with E-state index in [4.69, 9.17) is 16.1 Å². The summed E-state index contributed by atoms with van der Waals surface area (Å²) < 4.78 is 5.11. The molecule has 0 aliphatic heterocycles. The quantitative estimate of drug-likeness (QED) is 0.859. The fraction of sp³-hybridized carbons (Fsp3) is 0.312. The van der Waals surface area contributed by atoms with Crippen molar-refractivity contribution in [2.75, 3.05) is 0 Å². The highest BCUT2D eigenvalue weighted by atomic mass is 35.5. The monoisotopic (exact) mass is 317 g/mol. The first-order valence-electron chi connectivity index (χ1n) is 7.17. The van der Waals surface area contributed by atoms with Gasteiger partial charge in [0.15, 0.2) is 5.82 Å². The lowest BCUT2D eigenvalue weighted by atomic mass is 10.1. The predicted octanol–water partition coefficient (Wildman–Crippen LogP) is 3.32. The van der Waals surface area contributed by atoms with E-state index < -0.39 is 0 Å². The third-order valence-corrected chi connectivity index (χ3v) is 3.82. The normalized spacial score (nSPS) is 14.9. The molecule has 1 aromatic carbocycles. The van der Waals surface area contributed by atoms with Crippen LogP contribution in [-0.2, 0) is 11.3 Å². The van der Waals surface area contributed by atoms with Crippen molar-refractivity contribution in [1.82, 2.24) is 15.5 Å². The lowest BCUT2D eigenvalue weighted by molar-refractivity contribution is -0.116. The van der Waals surface area contributed by atoms with Crippen LogP contribution in [0.3, 0.4) is 0 Å². The predicted molar refractivity (Wildman–Crippen MR) is 83.2 cm³/mol. The molecule has 114 valence electrons. The summed E-state index contributed by atoms with van der Waals surface area (Å²) in [6.45, 7) is 2.07. The van der Waals surface area contributed by atoms with E-state index in [9.17, 15) is 4.79 Å². The molecular weight excluding hydrogens is 302 g/mol. The van der Waals surface area contributed by atoms with Crippen molar-refractivity contribution in [3.05, 3.63) is 52.6 Å². The minimum Gasteiger partial charge on any atom is -0.343 e. The summed E-state index contributed by atoms with van der Waals surface area (Å²) in [7, 11) is 0. The standard InChI is InChI=1S/C16H16ClN3O2/c1-10(12-4-2-3-5-13(12)17)8-14(21)18-9-15-19-16(20-22-15)11-6-7-11/h2-5,8,11H,6-7,9H2,1H3,(H,18,21)/b10-8+. The van der Waals surface area contributed by atoms with Gasteiger partial charge in [-0.25, -0.2) is 0 Å². The Morgan fingerprint density at radius 2 is 2.23 bits per heavy atom. The number of hydrogen-bond acceptors (Lipinski definition) is 4. The van der Waals surface area contributed by atoms with Gasteiger partial charge in [-0.1, -0.05) is 35.0 Å². The van der Waals surface area contributed by atoms with Gasteiger partial charge < -0.3 is 9.84 Å². The molecule has 0 bridgehead atoms. The molecule has 0 spiro atoms. The van der Waals surface area contributed by atoms with E-state index >= 15 is 0 Å². The summed E-state index contributed by atoms with van der Waals surface area (Å²) in [6, 6.07) is 7.41. The van der Waals surface area contributed by atoms with Crippen LogP contribution < -0.4 is 5.32 Å². The zero-order chi connectivity index (χ0) is 15.5. The molecule has 1 aliphatic rings. The second kappa shape index (κ2) is 6.32. The zero-order valence-corrected chi connectivity index (χ0v) is 12.9. The first-order valence-corrected chi connectivity index (χ1v) is 7.55. The number of hydrogen-bond donors (Lipinski definition) is 1. The van der Waals surface area contributed by atoms with Gasteiger partial charge in [0.1, 0.15) is 0 Å². The van der Waals surface area contributed by atoms with E-state index in [2.05, 4.69) is 15.5 Å². The van der Waals surface area contributed by atoms with Crippen molar-refractivity contribution >= 4 is 23.1 Å². The molecule has 5 nitrogen and oxygen atoms in total. The summed E-state index contributed by atoms with van der Waals surface area (Å²) in [4.78, 5) is 16.2. The van der Waals surface area contributed by atoms with Crippen LogP contribution in [0.1, 0.15) is 43.0 Å². The number of benzene rings is 1. The van der Waals surface area contributed by atoms with Gasteiger partial charge in [0.2, 0.25) is 11.8 Å². The third kappa shape index (κ3) is 3.54. The van der Waals surface area contributed by atoms with Gasteiger partial charge in [0.05, 0.1) is 6.54 Å². The van der Waals surface area contributed by atoms with Crippen LogP contribution in [0, 0.1) is 0 Å². The largest absolute Gasteiger partial charge is 0.343 e. The minimum atomic E-state index is -0.219. The molecule has 3 rings (SSSR count). The topological polar surface area (TPSA) is 68.0 Å². The molecule has 1 aromatic heterocycles. The SMILES string of the molecule is C/C(=C\C(=O)NCc1nc(C2CC2)no1)c1ccccc1Cl. The molecule has 1 N–H and O–H groups in total. The second-order valence-corrected chi connectivity index (χ2v) is 5.75. The van der Waals surface area contributed by atoms with Crippen LogP contribution >= 0.6 is 11.6 Å². The van der Waals surface area contributed by atoms with Crippen molar-refractivity contribution < 1.29 is 9.32 Å². The fourth-order valence-corrected chi connectivity index (χ4v) is 2.40. The number of halogens is 1. The highest BCUT2D eigenvalue weighted by Gasteiger charge is 2.28. The summed E-state index contributed by atoms with van der Waals surface area (Å²) in [5.41, 5.74) is 1.64. The molecule has 1 saturated carbocycles. The van der Waals surface area contributed by atoms with E-state index in [0.717, 1.165) is 29.8 Å². The molecule has 6 heteroatoms. The summed E-state index contributed by atoms with van der Waals surface area (Å²) in [5, 5.41) is 7.26. The Kier molecular flexibility index (Phi) is 4.24. The number of carbonyl (C=O) groups is 1. The molecular formula is C16H16ClN3O2. The summed E-state index contributed by atoms with van der Waals surface area (Å²) in [6.07, 6.45) is 3.75. The molecule has 0 atom stereocenters. The van der Waals surface area contributed by atoms with Gasteiger partial charge in [-0.3, -0.25) is 4.79 Å². The van der Waals surface area contributed by atoms with Crippen molar-refractivity contribution in [2.45, 2.75) is 32.2 Å². The van der Waals surface area contributed by atoms with E-state index in [0.29, 0.717) is 16.8 Å². The van der Waals surface area contributed by atoms with E-state index in [1.54, 1.807) is 6.07 Å². The molecule has 1 fully saturated rings. The van der Waals surface area contributed by atoms with Crippen molar-refractivity contribution in [3.8, 4) is 0 Å². The Hall–Kier alpha value is -2.14. The Morgan fingerprint density at radius 1 is 1.45 bits per heavy atom. The fourth-order valence-electron chi connectivity index (χ4n) is 2.12. The van der Waals surface area contributed by atoms with Gasteiger partial charge in [-0.15, -0.1) is 0 Å². The zero-order valence-electron chi connectivity index (χ0n) is 12.2. The molecule has 22 heavy (non-hydrogen) atoms. The van der Waals surface area contributed by atoms with Gasteiger partial charge in [-0.05, 0) is 37.0 Å². The Balaban J connectivity index is 1.59. The number of nitrogens with zero attached hydrogens (tertiary/aromatic N) is 2. The van der Waals surface area contributed by atoms with Gasteiger partial charge in [-0.2, -0.15) is 4.98 Å². The molecule has 0 saturated heterocycles.